The lowest BCUT2D eigenvalue weighted by atomic mass is 9.76. The van der Waals surface area contributed by atoms with Crippen LogP contribution in [0.5, 0.6) is 0 Å². The van der Waals surface area contributed by atoms with Gasteiger partial charge in [-0.1, -0.05) is 67.3 Å². The van der Waals surface area contributed by atoms with E-state index in [0.717, 1.165) is 5.57 Å². The number of benzene rings is 2. The Hall–Kier alpha value is -2.58. The van der Waals surface area contributed by atoms with Crippen molar-refractivity contribution in [2.45, 2.75) is 19.0 Å². The Labute approximate surface area is 151 Å². The second kappa shape index (κ2) is 7.12. The molecule has 3 rings (SSSR count). The first-order valence-corrected chi connectivity index (χ1v) is 8.66. The van der Waals surface area contributed by atoms with Gasteiger partial charge < -0.3 is 10.2 Å². The standard InChI is InChI=1S/C23H26N2/c1-6-10-20-17(3)19-14-13-16(2)15-21(19)22(24-4)23(20)25(5)18-11-8-7-9-12-18/h6-15,22-24H,1,3H2,2,4-5H3/b20-10+. The third kappa shape index (κ3) is 3.06. The van der Waals surface area contributed by atoms with Gasteiger partial charge in [-0.05, 0) is 48.4 Å². The summed E-state index contributed by atoms with van der Waals surface area (Å²) in [5.74, 6) is 0. The Kier molecular flexibility index (Phi) is 4.91. The number of aryl methyl sites for hydroxylation is 1. The molecule has 0 fully saturated rings. The van der Waals surface area contributed by atoms with Gasteiger partial charge >= 0.3 is 0 Å². The van der Waals surface area contributed by atoms with Crippen LogP contribution in [0.2, 0.25) is 0 Å². The van der Waals surface area contributed by atoms with E-state index in [1.807, 2.05) is 19.2 Å². The monoisotopic (exact) mass is 330 g/mol. The van der Waals surface area contributed by atoms with E-state index in [0.29, 0.717) is 0 Å². The Morgan fingerprint density at radius 3 is 2.48 bits per heavy atom. The summed E-state index contributed by atoms with van der Waals surface area (Å²) in [5, 5.41) is 3.54. The maximum absolute atomic E-state index is 4.41. The molecule has 2 aromatic carbocycles. The van der Waals surface area contributed by atoms with Gasteiger partial charge in [0.05, 0.1) is 12.1 Å². The summed E-state index contributed by atoms with van der Waals surface area (Å²) in [6.45, 7) is 10.5. The molecular formula is C23H26N2. The van der Waals surface area contributed by atoms with Crippen molar-refractivity contribution in [1.82, 2.24) is 5.32 Å². The van der Waals surface area contributed by atoms with Gasteiger partial charge in [0.2, 0.25) is 0 Å². The minimum Gasteiger partial charge on any atom is -0.366 e. The highest BCUT2D eigenvalue weighted by molar-refractivity contribution is 5.85. The molecule has 0 saturated carbocycles. The second-order valence-corrected chi connectivity index (χ2v) is 6.58. The van der Waals surface area contributed by atoms with Crippen LogP contribution in [0.3, 0.4) is 0 Å². The molecule has 0 saturated heterocycles. The molecule has 0 heterocycles. The molecule has 0 amide bonds. The van der Waals surface area contributed by atoms with Crippen molar-refractivity contribution in [2.75, 3.05) is 19.0 Å². The van der Waals surface area contributed by atoms with Crippen LogP contribution < -0.4 is 10.2 Å². The maximum Gasteiger partial charge on any atom is 0.0740 e. The first-order chi connectivity index (χ1) is 12.1. The normalized spacial score (nSPS) is 21.1. The molecule has 1 aliphatic rings. The number of nitrogens with one attached hydrogen (secondary N) is 1. The summed E-state index contributed by atoms with van der Waals surface area (Å²) in [5.41, 5.74) is 7.26. The van der Waals surface area contributed by atoms with Crippen molar-refractivity contribution in [3.05, 3.63) is 96.1 Å². The molecule has 0 aliphatic heterocycles. The van der Waals surface area contributed by atoms with Gasteiger partial charge in [0.15, 0.2) is 0 Å². The van der Waals surface area contributed by atoms with Crippen LogP contribution >= 0.6 is 0 Å². The predicted octanol–water partition coefficient (Wildman–Crippen LogP) is 4.90. The zero-order chi connectivity index (χ0) is 18.0. The number of para-hydroxylation sites is 1. The van der Waals surface area contributed by atoms with Gasteiger partial charge in [0.25, 0.3) is 0 Å². The van der Waals surface area contributed by atoms with Crippen LogP contribution in [-0.4, -0.2) is 20.1 Å². The fraction of sp³-hybridized carbons (Fsp3) is 0.217. The van der Waals surface area contributed by atoms with Gasteiger partial charge in [-0.2, -0.15) is 0 Å². The van der Waals surface area contributed by atoms with Crippen molar-refractivity contribution >= 4 is 11.3 Å². The van der Waals surface area contributed by atoms with Crippen LogP contribution in [0.15, 0.2) is 79.4 Å². The summed E-state index contributed by atoms with van der Waals surface area (Å²) in [6.07, 6.45) is 3.96. The summed E-state index contributed by atoms with van der Waals surface area (Å²) in [6, 6.07) is 17.4. The Morgan fingerprint density at radius 2 is 1.84 bits per heavy atom. The van der Waals surface area contributed by atoms with E-state index >= 15 is 0 Å². The molecule has 2 atom stereocenters. The molecule has 2 nitrogen and oxygen atoms in total. The van der Waals surface area contributed by atoms with Gasteiger partial charge in [0.1, 0.15) is 0 Å². The van der Waals surface area contributed by atoms with E-state index in [1.165, 1.54) is 28.0 Å². The number of hydrogen-bond donors (Lipinski definition) is 1. The summed E-state index contributed by atoms with van der Waals surface area (Å²) in [7, 11) is 4.18. The third-order valence-electron chi connectivity index (χ3n) is 5.04. The molecule has 1 N–H and O–H groups in total. The maximum atomic E-state index is 4.41. The highest BCUT2D eigenvalue weighted by Gasteiger charge is 2.36. The quantitative estimate of drug-likeness (QED) is 0.858. The number of rotatable bonds is 4. The number of anilines is 1. The predicted molar refractivity (Wildman–Crippen MR) is 109 cm³/mol. The van der Waals surface area contributed by atoms with E-state index in [1.54, 1.807) is 0 Å². The van der Waals surface area contributed by atoms with Gasteiger partial charge in [-0.15, -0.1) is 0 Å². The van der Waals surface area contributed by atoms with Crippen LogP contribution in [-0.2, 0) is 0 Å². The van der Waals surface area contributed by atoms with Crippen molar-refractivity contribution in [2.24, 2.45) is 0 Å². The van der Waals surface area contributed by atoms with Gasteiger partial charge in [0, 0.05) is 12.7 Å². The third-order valence-corrected chi connectivity index (χ3v) is 5.04. The molecule has 1 aliphatic carbocycles. The molecule has 0 radical (unpaired) electrons. The second-order valence-electron chi connectivity index (χ2n) is 6.58. The zero-order valence-corrected chi connectivity index (χ0v) is 15.3. The molecule has 128 valence electrons. The first kappa shape index (κ1) is 17.2. The number of likely N-dealkylation sites (N-methyl/N-ethyl adjacent to an activating group) is 2. The minimum atomic E-state index is 0.146. The molecule has 0 aromatic heterocycles. The van der Waals surface area contributed by atoms with Crippen molar-refractivity contribution < 1.29 is 0 Å². The lowest BCUT2D eigenvalue weighted by molar-refractivity contribution is 0.500. The molecule has 25 heavy (non-hydrogen) atoms. The largest absolute Gasteiger partial charge is 0.366 e. The number of hydrogen-bond acceptors (Lipinski definition) is 2. The van der Waals surface area contributed by atoms with Crippen molar-refractivity contribution in [3.8, 4) is 0 Å². The zero-order valence-electron chi connectivity index (χ0n) is 15.3. The highest BCUT2D eigenvalue weighted by Crippen LogP contribution is 2.43. The first-order valence-electron chi connectivity index (χ1n) is 8.66. The Balaban J connectivity index is 2.18. The number of allylic oxidation sites excluding steroid dienone is 2. The Morgan fingerprint density at radius 1 is 1.12 bits per heavy atom. The molecule has 2 heteroatoms. The lowest BCUT2D eigenvalue weighted by Crippen LogP contribution is -2.46. The summed E-state index contributed by atoms with van der Waals surface area (Å²) in [4.78, 5) is 2.33. The average molecular weight is 330 g/mol. The van der Waals surface area contributed by atoms with E-state index < -0.39 is 0 Å². The minimum absolute atomic E-state index is 0.146. The Bertz CT molecular complexity index is 817. The molecule has 2 unspecified atom stereocenters. The SMILES string of the molecule is C=C/C=C1\C(=C)c2ccc(C)cc2C(NC)C1N(C)c1ccccc1. The van der Waals surface area contributed by atoms with Crippen molar-refractivity contribution in [1.29, 1.82) is 0 Å². The fourth-order valence-corrected chi connectivity index (χ4v) is 3.79. The van der Waals surface area contributed by atoms with Crippen LogP contribution in [0.25, 0.3) is 5.57 Å². The molecule has 0 spiro atoms. The van der Waals surface area contributed by atoms with E-state index in [-0.39, 0.29) is 12.1 Å². The van der Waals surface area contributed by atoms with Gasteiger partial charge in [-0.3, -0.25) is 0 Å². The molecule has 0 bridgehead atoms. The highest BCUT2D eigenvalue weighted by atomic mass is 15.2. The fourth-order valence-electron chi connectivity index (χ4n) is 3.79. The smallest absolute Gasteiger partial charge is 0.0740 e. The average Bonchev–Trinajstić information content (AvgIpc) is 2.63. The van der Waals surface area contributed by atoms with Crippen molar-refractivity contribution in [3.63, 3.8) is 0 Å². The van der Waals surface area contributed by atoms with Crippen LogP contribution in [0.1, 0.15) is 22.7 Å². The molecular weight excluding hydrogens is 304 g/mol. The van der Waals surface area contributed by atoms with Crippen LogP contribution in [0.4, 0.5) is 5.69 Å². The molecule has 2 aromatic rings. The topological polar surface area (TPSA) is 15.3 Å². The van der Waals surface area contributed by atoms with E-state index in [2.05, 4.69) is 85.9 Å². The van der Waals surface area contributed by atoms with Gasteiger partial charge in [-0.25, -0.2) is 0 Å². The van der Waals surface area contributed by atoms with E-state index in [9.17, 15) is 0 Å². The van der Waals surface area contributed by atoms with E-state index in [4.69, 9.17) is 0 Å². The van der Waals surface area contributed by atoms with Crippen LogP contribution in [0, 0.1) is 6.92 Å². The summed E-state index contributed by atoms with van der Waals surface area (Å²) >= 11 is 0. The summed E-state index contributed by atoms with van der Waals surface area (Å²) < 4.78 is 0. The lowest BCUT2D eigenvalue weighted by Gasteiger charge is -2.43. The number of nitrogens with zero attached hydrogens (tertiary/aromatic N) is 1. The number of fused-ring (bicyclic) bond motifs is 1.